The van der Waals surface area contributed by atoms with Crippen molar-refractivity contribution in [2.75, 3.05) is 13.1 Å². The Morgan fingerprint density at radius 3 is 2.40 bits per heavy atom. The van der Waals surface area contributed by atoms with Crippen LogP contribution in [0.4, 0.5) is 0 Å². The summed E-state index contributed by atoms with van der Waals surface area (Å²) >= 11 is 0. The summed E-state index contributed by atoms with van der Waals surface area (Å²) in [6.45, 7) is 14.0. The first kappa shape index (κ1) is 13.0. The summed E-state index contributed by atoms with van der Waals surface area (Å²) in [5, 5.41) is 3.50. The van der Waals surface area contributed by atoms with E-state index in [0.717, 1.165) is 6.54 Å². The molecular weight excluding hydrogens is 184 g/mol. The number of hydrogen-bond donors (Lipinski definition) is 1. The predicted octanol–water partition coefficient (Wildman–Crippen LogP) is 2.64. The summed E-state index contributed by atoms with van der Waals surface area (Å²) in [4.78, 5) is 2.68. The predicted molar refractivity (Wildman–Crippen MR) is 67.2 cm³/mol. The van der Waals surface area contributed by atoms with Gasteiger partial charge in [0.1, 0.15) is 0 Å². The molecule has 1 atom stereocenters. The fourth-order valence-electron chi connectivity index (χ4n) is 2.68. The van der Waals surface area contributed by atoms with Crippen molar-refractivity contribution in [3.05, 3.63) is 0 Å². The first-order valence-corrected chi connectivity index (χ1v) is 6.43. The fourth-order valence-corrected chi connectivity index (χ4v) is 2.68. The Morgan fingerprint density at radius 1 is 1.27 bits per heavy atom. The Kier molecular flexibility index (Phi) is 4.60. The van der Waals surface area contributed by atoms with E-state index in [4.69, 9.17) is 0 Å². The van der Waals surface area contributed by atoms with Gasteiger partial charge in [-0.1, -0.05) is 13.8 Å². The molecule has 0 amide bonds. The van der Waals surface area contributed by atoms with E-state index in [2.05, 4.69) is 44.8 Å². The number of hydrogen-bond acceptors (Lipinski definition) is 2. The third kappa shape index (κ3) is 3.76. The molecular formula is C13H28N2. The summed E-state index contributed by atoms with van der Waals surface area (Å²) in [5.41, 5.74) is 0.428. The second-order valence-corrected chi connectivity index (χ2v) is 5.86. The maximum atomic E-state index is 3.50. The molecule has 0 spiro atoms. The van der Waals surface area contributed by atoms with E-state index in [-0.39, 0.29) is 0 Å². The van der Waals surface area contributed by atoms with Crippen molar-refractivity contribution >= 4 is 0 Å². The van der Waals surface area contributed by atoms with Crippen LogP contribution < -0.4 is 5.32 Å². The topological polar surface area (TPSA) is 15.3 Å². The molecule has 0 aliphatic carbocycles. The van der Waals surface area contributed by atoms with Crippen molar-refractivity contribution in [1.82, 2.24) is 10.2 Å². The number of rotatable bonds is 5. The van der Waals surface area contributed by atoms with Crippen molar-refractivity contribution in [2.24, 2.45) is 0 Å². The minimum atomic E-state index is 0.428. The summed E-state index contributed by atoms with van der Waals surface area (Å²) in [6.07, 6.45) is 3.99. The molecule has 0 aromatic rings. The van der Waals surface area contributed by atoms with Gasteiger partial charge in [0.15, 0.2) is 0 Å². The van der Waals surface area contributed by atoms with Gasteiger partial charge in [-0.2, -0.15) is 0 Å². The molecule has 1 fully saturated rings. The van der Waals surface area contributed by atoms with Crippen LogP contribution in [0.15, 0.2) is 0 Å². The van der Waals surface area contributed by atoms with Crippen molar-refractivity contribution in [3.8, 4) is 0 Å². The number of nitrogens with one attached hydrogen (secondary N) is 1. The highest BCUT2D eigenvalue weighted by molar-refractivity contribution is 4.90. The molecule has 0 aromatic heterocycles. The molecule has 2 heteroatoms. The van der Waals surface area contributed by atoms with Gasteiger partial charge in [0.2, 0.25) is 0 Å². The molecule has 1 aliphatic rings. The third-order valence-electron chi connectivity index (χ3n) is 3.61. The largest absolute Gasteiger partial charge is 0.314 e. The van der Waals surface area contributed by atoms with E-state index in [1.54, 1.807) is 0 Å². The van der Waals surface area contributed by atoms with E-state index in [1.807, 2.05) is 0 Å². The smallest absolute Gasteiger partial charge is 0.0156 e. The Labute approximate surface area is 95.4 Å². The fraction of sp³-hybridized carbons (Fsp3) is 1.00. The van der Waals surface area contributed by atoms with Gasteiger partial charge in [0.25, 0.3) is 0 Å². The van der Waals surface area contributed by atoms with Gasteiger partial charge in [-0.15, -0.1) is 0 Å². The highest BCUT2D eigenvalue weighted by Crippen LogP contribution is 2.30. The normalized spacial score (nSPS) is 23.6. The van der Waals surface area contributed by atoms with Crippen LogP contribution in [0.5, 0.6) is 0 Å². The second kappa shape index (κ2) is 5.31. The van der Waals surface area contributed by atoms with Crippen molar-refractivity contribution in [1.29, 1.82) is 0 Å². The molecule has 1 unspecified atom stereocenters. The first-order chi connectivity index (χ1) is 6.93. The number of nitrogens with zero attached hydrogens (tertiary/aromatic N) is 1. The molecule has 0 aromatic carbocycles. The van der Waals surface area contributed by atoms with Crippen LogP contribution in [-0.2, 0) is 0 Å². The molecule has 0 saturated carbocycles. The van der Waals surface area contributed by atoms with Crippen LogP contribution in [0.3, 0.4) is 0 Å². The Morgan fingerprint density at radius 2 is 1.93 bits per heavy atom. The highest BCUT2D eigenvalue weighted by Gasteiger charge is 2.34. The van der Waals surface area contributed by atoms with E-state index in [0.29, 0.717) is 17.6 Å². The van der Waals surface area contributed by atoms with Crippen LogP contribution >= 0.6 is 0 Å². The van der Waals surface area contributed by atoms with Crippen LogP contribution in [0.25, 0.3) is 0 Å². The molecule has 15 heavy (non-hydrogen) atoms. The van der Waals surface area contributed by atoms with E-state index < -0.39 is 0 Å². The Balaban J connectivity index is 2.30. The van der Waals surface area contributed by atoms with E-state index in [9.17, 15) is 0 Å². The van der Waals surface area contributed by atoms with Crippen LogP contribution in [0, 0.1) is 0 Å². The van der Waals surface area contributed by atoms with Crippen molar-refractivity contribution in [2.45, 2.75) is 71.5 Å². The van der Waals surface area contributed by atoms with Gasteiger partial charge in [0.05, 0.1) is 0 Å². The maximum absolute atomic E-state index is 3.50. The zero-order chi connectivity index (χ0) is 11.5. The summed E-state index contributed by atoms with van der Waals surface area (Å²) in [7, 11) is 0. The SMILES string of the molecule is CC(C)NCCC(C)N1CCCC1(C)C. The minimum Gasteiger partial charge on any atom is -0.314 e. The summed E-state index contributed by atoms with van der Waals surface area (Å²) in [5.74, 6) is 0. The molecule has 1 aliphatic heterocycles. The van der Waals surface area contributed by atoms with Crippen molar-refractivity contribution < 1.29 is 0 Å². The maximum Gasteiger partial charge on any atom is 0.0156 e. The first-order valence-electron chi connectivity index (χ1n) is 6.43. The molecule has 1 N–H and O–H groups in total. The lowest BCUT2D eigenvalue weighted by Gasteiger charge is -2.37. The van der Waals surface area contributed by atoms with Gasteiger partial charge in [-0.3, -0.25) is 4.90 Å². The monoisotopic (exact) mass is 212 g/mol. The zero-order valence-corrected chi connectivity index (χ0v) is 11.1. The molecule has 90 valence electrons. The Bertz CT molecular complexity index is 187. The van der Waals surface area contributed by atoms with E-state index in [1.165, 1.54) is 25.8 Å². The average molecular weight is 212 g/mol. The lowest BCUT2D eigenvalue weighted by molar-refractivity contribution is 0.119. The van der Waals surface area contributed by atoms with Crippen molar-refractivity contribution in [3.63, 3.8) is 0 Å². The molecule has 0 bridgehead atoms. The van der Waals surface area contributed by atoms with Gasteiger partial charge >= 0.3 is 0 Å². The average Bonchev–Trinajstić information content (AvgIpc) is 2.44. The molecule has 2 nitrogen and oxygen atoms in total. The third-order valence-corrected chi connectivity index (χ3v) is 3.61. The summed E-state index contributed by atoms with van der Waals surface area (Å²) in [6, 6.07) is 1.33. The van der Waals surface area contributed by atoms with Crippen LogP contribution in [-0.4, -0.2) is 35.6 Å². The van der Waals surface area contributed by atoms with Gasteiger partial charge in [-0.05, 0) is 53.1 Å². The number of likely N-dealkylation sites (tertiary alicyclic amines) is 1. The summed E-state index contributed by atoms with van der Waals surface area (Å²) < 4.78 is 0. The Hall–Kier alpha value is -0.0800. The highest BCUT2D eigenvalue weighted by atomic mass is 15.2. The molecule has 1 rings (SSSR count). The molecule has 0 radical (unpaired) electrons. The standard InChI is InChI=1S/C13H28N2/c1-11(2)14-9-7-12(3)15-10-6-8-13(15,4)5/h11-12,14H,6-10H2,1-5H3. The molecule has 1 saturated heterocycles. The van der Waals surface area contributed by atoms with Crippen LogP contribution in [0.1, 0.15) is 53.9 Å². The van der Waals surface area contributed by atoms with Gasteiger partial charge < -0.3 is 5.32 Å². The van der Waals surface area contributed by atoms with Gasteiger partial charge in [0, 0.05) is 17.6 Å². The van der Waals surface area contributed by atoms with E-state index >= 15 is 0 Å². The van der Waals surface area contributed by atoms with Gasteiger partial charge in [-0.25, -0.2) is 0 Å². The molecule has 1 heterocycles. The lowest BCUT2D eigenvalue weighted by Crippen LogP contribution is -2.45. The van der Waals surface area contributed by atoms with Crippen LogP contribution in [0.2, 0.25) is 0 Å². The minimum absolute atomic E-state index is 0.428. The lowest BCUT2D eigenvalue weighted by atomic mass is 10.00. The second-order valence-electron chi connectivity index (χ2n) is 5.86. The quantitative estimate of drug-likeness (QED) is 0.753. The zero-order valence-electron chi connectivity index (χ0n) is 11.1.